The van der Waals surface area contributed by atoms with Crippen LogP contribution in [0.25, 0.3) is 11.0 Å². The summed E-state index contributed by atoms with van der Waals surface area (Å²) in [4.78, 5) is 4.70. The Morgan fingerprint density at radius 2 is 1.65 bits per heavy atom. The minimum Gasteiger partial charge on any atom is -0.492 e. The minimum absolute atomic E-state index is 0.0811. The van der Waals surface area contributed by atoms with Crippen molar-refractivity contribution in [3.8, 4) is 5.75 Å². The fourth-order valence-corrected chi connectivity index (χ4v) is 3.32. The number of nitrogens with zero attached hydrogens (tertiary/aromatic N) is 2. The van der Waals surface area contributed by atoms with Gasteiger partial charge in [0.1, 0.15) is 18.2 Å². The minimum atomic E-state index is 0.0811. The van der Waals surface area contributed by atoms with Gasteiger partial charge in [-0.05, 0) is 74.2 Å². The second kappa shape index (κ2) is 7.68. The number of aliphatic hydroxyl groups is 1. The van der Waals surface area contributed by atoms with Gasteiger partial charge in [0.2, 0.25) is 0 Å². The molecule has 4 nitrogen and oxygen atoms in total. The van der Waals surface area contributed by atoms with Gasteiger partial charge < -0.3 is 14.4 Å². The fraction of sp³-hybridized carbons (Fsp3) is 0.381. The Balaban J connectivity index is 1.83. The van der Waals surface area contributed by atoms with Crippen molar-refractivity contribution in [2.24, 2.45) is 0 Å². The molecule has 26 heavy (non-hydrogen) atoms. The number of hydrogen-bond acceptors (Lipinski definition) is 3. The summed E-state index contributed by atoms with van der Waals surface area (Å²) in [6.45, 7) is 9.44. The van der Waals surface area contributed by atoms with Crippen LogP contribution in [0.15, 0.2) is 24.3 Å². The Hall–Kier alpha value is -2.04. The average Bonchev–Trinajstić information content (AvgIpc) is 2.90. The van der Waals surface area contributed by atoms with Gasteiger partial charge in [0.05, 0.1) is 24.2 Å². The SMILES string of the molecule is Cc1cc2nc(CCO)n(CCOc3cc(C)c(Cl)c(C)c3)c2cc1C. The summed E-state index contributed by atoms with van der Waals surface area (Å²) in [6.07, 6.45) is 0.534. The van der Waals surface area contributed by atoms with E-state index in [4.69, 9.17) is 21.3 Å². The number of ether oxygens (including phenoxy) is 1. The van der Waals surface area contributed by atoms with Gasteiger partial charge in [-0.1, -0.05) is 11.6 Å². The molecule has 1 heterocycles. The van der Waals surface area contributed by atoms with Gasteiger partial charge in [-0.2, -0.15) is 0 Å². The first kappa shape index (κ1) is 18.7. The molecule has 138 valence electrons. The number of aryl methyl sites for hydroxylation is 4. The van der Waals surface area contributed by atoms with Crippen LogP contribution in [0.3, 0.4) is 0 Å². The van der Waals surface area contributed by atoms with Crippen molar-refractivity contribution in [3.63, 3.8) is 0 Å². The highest BCUT2D eigenvalue weighted by atomic mass is 35.5. The van der Waals surface area contributed by atoms with Crippen LogP contribution in [-0.2, 0) is 13.0 Å². The third-order valence-electron chi connectivity index (χ3n) is 4.77. The summed E-state index contributed by atoms with van der Waals surface area (Å²) >= 11 is 6.22. The first-order valence-corrected chi connectivity index (χ1v) is 9.25. The highest BCUT2D eigenvalue weighted by Gasteiger charge is 2.12. The number of imidazole rings is 1. The van der Waals surface area contributed by atoms with Gasteiger partial charge in [0.25, 0.3) is 0 Å². The Labute approximate surface area is 159 Å². The molecule has 0 spiro atoms. The van der Waals surface area contributed by atoms with Crippen molar-refractivity contribution >= 4 is 22.6 Å². The van der Waals surface area contributed by atoms with Crippen molar-refractivity contribution in [2.45, 2.75) is 40.7 Å². The molecule has 0 aliphatic heterocycles. The van der Waals surface area contributed by atoms with Crippen LogP contribution in [-0.4, -0.2) is 27.9 Å². The van der Waals surface area contributed by atoms with Crippen LogP contribution < -0.4 is 4.74 Å². The first-order chi connectivity index (χ1) is 12.4. The topological polar surface area (TPSA) is 47.3 Å². The Morgan fingerprint density at radius 1 is 1.00 bits per heavy atom. The molecule has 5 heteroatoms. The van der Waals surface area contributed by atoms with Gasteiger partial charge in [-0.15, -0.1) is 0 Å². The van der Waals surface area contributed by atoms with E-state index in [1.54, 1.807) is 0 Å². The molecule has 1 N–H and O–H groups in total. The molecule has 0 fully saturated rings. The zero-order valence-corrected chi connectivity index (χ0v) is 16.5. The maximum absolute atomic E-state index is 9.37. The summed E-state index contributed by atoms with van der Waals surface area (Å²) in [5.41, 5.74) is 6.54. The van der Waals surface area contributed by atoms with Gasteiger partial charge >= 0.3 is 0 Å². The monoisotopic (exact) mass is 372 g/mol. The molecule has 2 aromatic carbocycles. The molecule has 0 amide bonds. The Bertz CT molecular complexity index is 924. The molecule has 1 aromatic heterocycles. The molecule has 0 aliphatic rings. The van der Waals surface area contributed by atoms with Crippen molar-refractivity contribution in [1.82, 2.24) is 9.55 Å². The molecular formula is C21H25ClN2O2. The van der Waals surface area contributed by atoms with Crippen LogP contribution >= 0.6 is 11.6 Å². The molecule has 0 saturated carbocycles. The second-order valence-electron chi connectivity index (χ2n) is 6.80. The smallest absolute Gasteiger partial charge is 0.120 e. The zero-order valence-electron chi connectivity index (χ0n) is 15.8. The lowest BCUT2D eigenvalue weighted by Gasteiger charge is -2.13. The molecule has 0 radical (unpaired) electrons. The Morgan fingerprint density at radius 3 is 2.31 bits per heavy atom. The number of benzene rings is 2. The van der Waals surface area contributed by atoms with E-state index in [9.17, 15) is 5.11 Å². The van der Waals surface area contributed by atoms with Gasteiger partial charge in [0, 0.05) is 11.4 Å². The number of halogens is 1. The second-order valence-corrected chi connectivity index (χ2v) is 7.18. The molecule has 0 unspecified atom stereocenters. The van der Waals surface area contributed by atoms with E-state index in [-0.39, 0.29) is 6.61 Å². The number of aliphatic hydroxyl groups excluding tert-OH is 1. The zero-order chi connectivity index (χ0) is 18.8. The van der Waals surface area contributed by atoms with Crippen molar-refractivity contribution in [1.29, 1.82) is 0 Å². The van der Waals surface area contributed by atoms with Gasteiger partial charge in [-0.25, -0.2) is 4.98 Å². The number of fused-ring (bicyclic) bond motifs is 1. The number of rotatable bonds is 6. The van der Waals surface area contributed by atoms with Crippen LogP contribution in [0.4, 0.5) is 0 Å². The maximum Gasteiger partial charge on any atom is 0.120 e. The van der Waals surface area contributed by atoms with E-state index < -0.39 is 0 Å². The van der Waals surface area contributed by atoms with Crippen LogP contribution in [0.2, 0.25) is 5.02 Å². The highest BCUT2D eigenvalue weighted by molar-refractivity contribution is 6.32. The fourth-order valence-electron chi connectivity index (χ4n) is 3.21. The number of aromatic nitrogens is 2. The van der Waals surface area contributed by atoms with E-state index in [1.807, 2.05) is 26.0 Å². The van der Waals surface area contributed by atoms with Crippen LogP contribution in [0.1, 0.15) is 28.1 Å². The van der Waals surface area contributed by atoms with Gasteiger partial charge in [-0.3, -0.25) is 0 Å². The van der Waals surface area contributed by atoms with E-state index in [0.29, 0.717) is 19.6 Å². The summed E-state index contributed by atoms with van der Waals surface area (Å²) in [5.74, 6) is 1.71. The van der Waals surface area contributed by atoms with Gasteiger partial charge in [0.15, 0.2) is 0 Å². The maximum atomic E-state index is 9.37. The van der Waals surface area contributed by atoms with Crippen molar-refractivity contribution in [2.75, 3.05) is 13.2 Å². The summed E-state index contributed by atoms with van der Waals surface area (Å²) in [5, 5.41) is 10.2. The van der Waals surface area contributed by atoms with E-state index >= 15 is 0 Å². The van der Waals surface area contributed by atoms with E-state index in [1.165, 1.54) is 11.1 Å². The molecule has 0 atom stereocenters. The third-order valence-corrected chi connectivity index (χ3v) is 5.37. The predicted octanol–water partition coefficient (Wildman–Crippen LogP) is 4.54. The van der Waals surface area contributed by atoms with Crippen molar-refractivity contribution < 1.29 is 9.84 Å². The molecule has 0 bridgehead atoms. The predicted molar refractivity (Wildman–Crippen MR) is 106 cm³/mol. The van der Waals surface area contributed by atoms with Crippen molar-refractivity contribution in [3.05, 3.63) is 57.4 Å². The lowest BCUT2D eigenvalue weighted by molar-refractivity contribution is 0.283. The first-order valence-electron chi connectivity index (χ1n) is 8.87. The normalized spacial score (nSPS) is 11.3. The van der Waals surface area contributed by atoms with E-state index in [2.05, 4.69) is 30.5 Å². The summed E-state index contributed by atoms with van der Waals surface area (Å²) in [6, 6.07) is 8.19. The largest absolute Gasteiger partial charge is 0.492 e. The summed E-state index contributed by atoms with van der Waals surface area (Å²) in [7, 11) is 0. The third kappa shape index (κ3) is 3.71. The average molecular weight is 373 g/mol. The molecule has 3 rings (SSSR count). The van der Waals surface area contributed by atoms with E-state index in [0.717, 1.165) is 38.8 Å². The molecule has 3 aromatic rings. The molecular weight excluding hydrogens is 348 g/mol. The lowest BCUT2D eigenvalue weighted by Crippen LogP contribution is -2.12. The van der Waals surface area contributed by atoms with Crippen LogP contribution in [0, 0.1) is 27.7 Å². The standard InChI is InChI=1S/C21H25ClN2O2/c1-13-11-18-19(12-14(13)2)24(20(23-18)5-7-25)6-8-26-17-9-15(3)21(22)16(4)10-17/h9-12,25H,5-8H2,1-4H3. The highest BCUT2D eigenvalue weighted by Crippen LogP contribution is 2.26. The summed E-state index contributed by atoms with van der Waals surface area (Å²) < 4.78 is 8.11. The number of hydrogen-bond donors (Lipinski definition) is 1. The lowest BCUT2D eigenvalue weighted by atomic mass is 10.1. The quantitative estimate of drug-likeness (QED) is 0.691. The van der Waals surface area contributed by atoms with Crippen LogP contribution in [0.5, 0.6) is 5.75 Å². The Kier molecular flexibility index (Phi) is 5.54. The molecule has 0 aliphatic carbocycles. The molecule has 0 saturated heterocycles.